The van der Waals surface area contributed by atoms with Crippen LogP contribution in [-0.4, -0.2) is 64.2 Å². The molecule has 1 fully saturated rings. The van der Waals surface area contributed by atoms with Crippen LogP contribution in [0.25, 0.3) is 22.6 Å². The molecule has 33 heavy (non-hydrogen) atoms. The van der Waals surface area contributed by atoms with E-state index in [4.69, 9.17) is 0 Å². The van der Waals surface area contributed by atoms with Crippen LogP contribution in [0.3, 0.4) is 0 Å². The average Bonchev–Trinajstić information content (AvgIpc) is 3.48. The van der Waals surface area contributed by atoms with Crippen molar-refractivity contribution in [2.45, 2.75) is 11.4 Å². The van der Waals surface area contributed by atoms with Crippen LogP contribution in [0.1, 0.15) is 0 Å². The third-order valence-electron chi connectivity index (χ3n) is 5.65. The zero-order valence-electron chi connectivity index (χ0n) is 17.5. The van der Waals surface area contributed by atoms with Gasteiger partial charge in [-0.05, 0) is 36.4 Å². The summed E-state index contributed by atoms with van der Waals surface area (Å²) in [6, 6.07) is 12.4. The standard InChI is InChI=1S/C22H20FN5O3S2/c23-16-5-7-17(8-6-16)33(30,31)27-11-9-26(10-12-27)21(29)13-28-20-4-2-1-3-18(20)25-22(28)19-14-32-15-24-19/h1-8,14-15H,9-13H2. The first-order valence-corrected chi connectivity index (χ1v) is 12.7. The molecule has 0 N–H and O–H groups in total. The lowest BCUT2D eigenvalue weighted by atomic mass is 10.3. The Bertz CT molecular complexity index is 1390. The van der Waals surface area contributed by atoms with E-state index in [1.54, 1.807) is 10.4 Å². The van der Waals surface area contributed by atoms with Crippen LogP contribution in [0.4, 0.5) is 4.39 Å². The number of thiazole rings is 1. The molecule has 1 aliphatic rings. The Labute approximate surface area is 194 Å². The molecule has 0 atom stereocenters. The first-order valence-electron chi connectivity index (χ1n) is 10.3. The number of halogens is 1. The third kappa shape index (κ3) is 4.14. The number of piperazine rings is 1. The number of para-hydroxylation sites is 2. The monoisotopic (exact) mass is 485 g/mol. The van der Waals surface area contributed by atoms with Crippen molar-refractivity contribution >= 4 is 38.3 Å². The average molecular weight is 486 g/mol. The van der Waals surface area contributed by atoms with Crippen LogP contribution in [0.5, 0.6) is 0 Å². The van der Waals surface area contributed by atoms with Gasteiger partial charge in [-0.2, -0.15) is 4.31 Å². The van der Waals surface area contributed by atoms with E-state index < -0.39 is 15.8 Å². The quantitative estimate of drug-likeness (QED) is 0.434. The van der Waals surface area contributed by atoms with E-state index in [0.29, 0.717) is 11.5 Å². The van der Waals surface area contributed by atoms with Gasteiger partial charge in [-0.15, -0.1) is 11.3 Å². The predicted molar refractivity (Wildman–Crippen MR) is 123 cm³/mol. The van der Waals surface area contributed by atoms with Crippen molar-refractivity contribution < 1.29 is 17.6 Å². The van der Waals surface area contributed by atoms with Gasteiger partial charge in [0.15, 0.2) is 5.82 Å². The maximum Gasteiger partial charge on any atom is 0.243 e. The minimum absolute atomic E-state index is 0.0430. The summed E-state index contributed by atoms with van der Waals surface area (Å²) in [5.74, 6) is 0.0187. The van der Waals surface area contributed by atoms with Crippen molar-refractivity contribution in [2.24, 2.45) is 0 Å². The molecule has 2 aromatic heterocycles. The number of carbonyl (C=O) groups is 1. The largest absolute Gasteiger partial charge is 0.339 e. The zero-order valence-corrected chi connectivity index (χ0v) is 19.1. The number of aromatic nitrogens is 3. The van der Waals surface area contributed by atoms with Gasteiger partial charge in [0.25, 0.3) is 0 Å². The molecule has 0 aliphatic carbocycles. The molecule has 1 amide bonds. The first kappa shape index (κ1) is 21.7. The molecule has 1 aliphatic heterocycles. The molecule has 1 saturated heterocycles. The van der Waals surface area contributed by atoms with Gasteiger partial charge in [-0.1, -0.05) is 12.1 Å². The Morgan fingerprint density at radius 3 is 2.45 bits per heavy atom. The summed E-state index contributed by atoms with van der Waals surface area (Å²) < 4.78 is 42.0. The molecule has 0 unspecified atom stereocenters. The van der Waals surface area contributed by atoms with E-state index in [1.165, 1.54) is 27.8 Å². The van der Waals surface area contributed by atoms with E-state index in [2.05, 4.69) is 9.97 Å². The molecule has 4 aromatic rings. The van der Waals surface area contributed by atoms with Gasteiger partial charge < -0.3 is 9.47 Å². The van der Waals surface area contributed by atoms with Gasteiger partial charge in [0.2, 0.25) is 15.9 Å². The van der Waals surface area contributed by atoms with Crippen molar-refractivity contribution in [3.8, 4) is 11.5 Å². The summed E-state index contributed by atoms with van der Waals surface area (Å²) in [5, 5.41) is 1.89. The van der Waals surface area contributed by atoms with Gasteiger partial charge in [-0.3, -0.25) is 4.79 Å². The highest BCUT2D eigenvalue weighted by Gasteiger charge is 2.30. The fraction of sp³-hybridized carbons (Fsp3) is 0.227. The lowest BCUT2D eigenvalue weighted by Gasteiger charge is -2.34. The second kappa shape index (κ2) is 8.65. The highest BCUT2D eigenvalue weighted by Crippen LogP contribution is 2.25. The highest BCUT2D eigenvalue weighted by molar-refractivity contribution is 7.89. The smallest absolute Gasteiger partial charge is 0.243 e. The number of hydrogen-bond donors (Lipinski definition) is 0. The van der Waals surface area contributed by atoms with Crippen LogP contribution in [0.15, 0.2) is 64.3 Å². The van der Waals surface area contributed by atoms with Gasteiger partial charge in [0, 0.05) is 31.6 Å². The third-order valence-corrected chi connectivity index (χ3v) is 8.15. The number of rotatable bonds is 5. The molecule has 2 aromatic carbocycles. The zero-order chi connectivity index (χ0) is 23.0. The fourth-order valence-electron chi connectivity index (χ4n) is 3.92. The first-order chi connectivity index (χ1) is 15.9. The van der Waals surface area contributed by atoms with Crippen molar-refractivity contribution in [2.75, 3.05) is 26.2 Å². The normalized spacial score (nSPS) is 15.2. The summed E-state index contributed by atoms with van der Waals surface area (Å²) in [5.41, 5.74) is 4.05. The second-order valence-corrected chi connectivity index (χ2v) is 10.3. The van der Waals surface area contributed by atoms with Crippen molar-refractivity contribution in [3.63, 3.8) is 0 Å². The Kier molecular flexibility index (Phi) is 5.69. The van der Waals surface area contributed by atoms with E-state index in [0.717, 1.165) is 23.2 Å². The lowest BCUT2D eigenvalue weighted by molar-refractivity contribution is -0.132. The number of nitrogens with zero attached hydrogens (tertiary/aromatic N) is 5. The van der Waals surface area contributed by atoms with Crippen LogP contribution < -0.4 is 0 Å². The number of carbonyl (C=O) groups excluding carboxylic acids is 1. The number of sulfonamides is 1. The van der Waals surface area contributed by atoms with E-state index in [1.807, 2.05) is 34.2 Å². The predicted octanol–water partition coefficient (Wildman–Crippen LogP) is 2.83. The molecular formula is C22H20FN5O3S2. The summed E-state index contributed by atoms with van der Waals surface area (Å²) >= 11 is 1.46. The number of fused-ring (bicyclic) bond motifs is 1. The molecule has 0 spiro atoms. The molecule has 5 rings (SSSR count). The molecule has 11 heteroatoms. The van der Waals surface area contributed by atoms with Crippen molar-refractivity contribution in [1.82, 2.24) is 23.7 Å². The minimum atomic E-state index is -3.74. The van der Waals surface area contributed by atoms with Gasteiger partial charge in [0.05, 0.1) is 21.4 Å². The minimum Gasteiger partial charge on any atom is -0.339 e. The van der Waals surface area contributed by atoms with E-state index in [-0.39, 0.29) is 43.5 Å². The highest BCUT2D eigenvalue weighted by atomic mass is 32.2. The summed E-state index contributed by atoms with van der Waals surface area (Å²) in [6.45, 7) is 0.984. The number of amides is 1. The number of benzene rings is 2. The molecule has 170 valence electrons. The molecule has 3 heterocycles. The van der Waals surface area contributed by atoms with Crippen molar-refractivity contribution in [1.29, 1.82) is 0 Å². The Balaban J connectivity index is 1.32. The van der Waals surface area contributed by atoms with Crippen LogP contribution in [0.2, 0.25) is 0 Å². The molecule has 0 radical (unpaired) electrons. The summed E-state index contributed by atoms with van der Waals surface area (Å²) in [4.78, 5) is 23.9. The molecule has 0 saturated carbocycles. The summed E-state index contributed by atoms with van der Waals surface area (Å²) in [6.07, 6.45) is 0. The maximum atomic E-state index is 13.2. The molecule has 0 bridgehead atoms. The van der Waals surface area contributed by atoms with Crippen LogP contribution in [-0.2, 0) is 21.4 Å². The van der Waals surface area contributed by atoms with E-state index >= 15 is 0 Å². The SMILES string of the molecule is O=C(Cn1c(-c2cscn2)nc2ccccc21)N1CCN(S(=O)(=O)c2ccc(F)cc2)CC1. The Morgan fingerprint density at radius 1 is 1.03 bits per heavy atom. The van der Waals surface area contributed by atoms with Gasteiger partial charge in [-0.25, -0.2) is 22.8 Å². The topological polar surface area (TPSA) is 88.4 Å². The maximum absolute atomic E-state index is 13.2. The fourth-order valence-corrected chi connectivity index (χ4v) is 5.88. The molecule has 8 nitrogen and oxygen atoms in total. The summed E-state index contributed by atoms with van der Waals surface area (Å²) in [7, 11) is -3.74. The van der Waals surface area contributed by atoms with Crippen molar-refractivity contribution in [3.05, 3.63) is 65.2 Å². The number of hydrogen-bond acceptors (Lipinski definition) is 6. The Hall–Kier alpha value is -3.15. The molecular weight excluding hydrogens is 465 g/mol. The number of imidazole rings is 1. The van der Waals surface area contributed by atoms with Crippen LogP contribution >= 0.6 is 11.3 Å². The van der Waals surface area contributed by atoms with E-state index in [9.17, 15) is 17.6 Å². The van der Waals surface area contributed by atoms with Crippen LogP contribution in [0, 0.1) is 5.82 Å². The van der Waals surface area contributed by atoms with Gasteiger partial charge in [0.1, 0.15) is 18.1 Å². The van der Waals surface area contributed by atoms with Gasteiger partial charge >= 0.3 is 0 Å². The Morgan fingerprint density at radius 2 is 1.76 bits per heavy atom. The second-order valence-electron chi connectivity index (χ2n) is 7.62. The lowest BCUT2D eigenvalue weighted by Crippen LogP contribution is -2.51.